The minimum Gasteiger partial charge on any atom is -0.449 e. The number of ether oxygens (including phenoxy) is 1. The highest BCUT2D eigenvalue weighted by atomic mass is 16.5. The molecule has 2 heterocycles. The number of nitrogens with zero attached hydrogens (tertiary/aromatic N) is 2. The lowest BCUT2D eigenvalue weighted by Gasteiger charge is -2.12. The van der Waals surface area contributed by atoms with Gasteiger partial charge in [0.05, 0.1) is 11.3 Å². The number of aromatic nitrogens is 3. The number of hydrogen-bond donors (Lipinski definition) is 2. The van der Waals surface area contributed by atoms with E-state index in [2.05, 4.69) is 15.4 Å². The summed E-state index contributed by atoms with van der Waals surface area (Å²) in [5.41, 5.74) is 0.552. The number of amides is 1. The third-order valence-electron chi connectivity index (χ3n) is 3.54. The average Bonchev–Trinajstić information content (AvgIpc) is 3.03. The van der Waals surface area contributed by atoms with Crippen molar-refractivity contribution in [2.24, 2.45) is 0 Å². The second kappa shape index (κ2) is 7.47. The van der Waals surface area contributed by atoms with Crippen LogP contribution in [0.1, 0.15) is 17.3 Å². The first-order chi connectivity index (χ1) is 12.5. The third kappa shape index (κ3) is 3.86. The highest BCUT2D eigenvalue weighted by Crippen LogP contribution is 2.08. The molecule has 1 aromatic carbocycles. The molecule has 2 aromatic heterocycles. The topological polar surface area (TPSA) is 106 Å². The number of pyridine rings is 1. The number of anilines is 1. The van der Waals surface area contributed by atoms with Gasteiger partial charge in [-0.15, -0.1) is 0 Å². The maximum Gasteiger partial charge on any atom is 0.340 e. The number of carbonyl (C=O) groups is 2. The van der Waals surface area contributed by atoms with Crippen molar-refractivity contribution >= 4 is 17.7 Å². The maximum absolute atomic E-state index is 12.2. The first-order valence-corrected chi connectivity index (χ1v) is 7.84. The summed E-state index contributed by atoms with van der Waals surface area (Å²) < 4.78 is 6.40. The number of hydrogen-bond acceptors (Lipinski definition) is 5. The van der Waals surface area contributed by atoms with Crippen molar-refractivity contribution < 1.29 is 14.3 Å². The zero-order chi connectivity index (χ0) is 18.5. The molecule has 0 spiro atoms. The van der Waals surface area contributed by atoms with Gasteiger partial charge in [-0.2, -0.15) is 0 Å². The van der Waals surface area contributed by atoms with Crippen molar-refractivity contribution in [2.75, 3.05) is 5.32 Å². The maximum atomic E-state index is 12.2. The Kier molecular flexibility index (Phi) is 4.93. The van der Waals surface area contributed by atoms with Crippen molar-refractivity contribution in [2.45, 2.75) is 13.0 Å². The van der Waals surface area contributed by atoms with E-state index in [9.17, 15) is 14.4 Å². The fourth-order valence-corrected chi connectivity index (χ4v) is 2.23. The van der Waals surface area contributed by atoms with E-state index in [0.29, 0.717) is 5.69 Å². The number of H-pyrrole nitrogens is 1. The fourth-order valence-electron chi connectivity index (χ4n) is 2.23. The minimum absolute atomic E-state index is 0.202. The highest BCUT2D eigenvalue weighted by Gasteiger charge is 2.20. The Balaban J connectivity index is 1.66. The Morgan fingerprint density at radius 2 is 1.96 bits per heavy atom. The Labute approximate surface area is 148 Å². The van der Waals surface area contributed by atoms with Crippen LogP contribution in [0.5, 0.6) is 0 Å². The van der Waals surface area contributed by atoms with Crippen molar-refractivity contribution in [3.63, 3.8) is 0 Å². The molecule has 2 N–H and O–H groups in total. The van der Waals surface area contributed by atoms with Crippen LogP contribution in [0.2, 0.25) is 0 Å². The lowest BCUT2D eigenvalue weighted by molar-refractivity contribution is -0.123. The van der Waals surface area contributed by atoms with Gasteiger partial charge in [0.25, 0.3) is 11.5 Å². The van der Waals surface area contributed by atoms with E-state index >= 15 is 0 Å². The molecule has 0 radical (unpaired) electrons. The summed E-state index contributed by atoms with van der Waals surface area (Å²) >= 11 is 0. The van der Waals surface area contributed by atoms with Gasteiger partial charge < -0.3 is 10.1 Å². The van der Waals surface area contributed by atoms with Gasteiger partial charge in [0.15, 0.2) is 6.10 Å². The van der Waals surface area contributed by atoms with Crippen LogP contribution in [0, 0.1) is 0 Å². The number of benzene rings is 1. The highest BCUT2D eigenvalue weighted by molar-refractivity contribution is 5.96. The van der Waals surface area contributed by atoms with E-state index in [1.807, 2.05) is 6.07 Å². The fraction of sp³-hybridized carbons (Fsp3) is 0.111. The quantitative estimate of drug-likeness (QED) is 0.681. The minimum atomic E-state index is -1.05. The molecule has 26 heavy (non-hydrogen) atoms. The van der Waals surface area contributed by atoms with Gasteiger partial charge in [-0.3, -0.25) is 19.7 Å². The van der Waals surface area contributed by atoms with E-state index in [1.54, 1.807) is 30.3 Å². The third-order valence-corrected chi connectivity index (χ3v) is 3.54. The van der Waals surface area contributed by atoms with E-state index in [1.165, 1.54) is 36.1 Å². The molecule has 3 aromatic rings. The van der Waals surface area contributed by atoms with Crippen LogP contribution in [0.25, 0.3) is 5.69 Å². The van der Waals surface area contributed by atoms with E-state index in [4.69, 9.17) is 4.74 Å². The summed E-state index contributed by atoms with van der Waals surface area (Å²) in [6.07, 6.45) is 1.83. The largest absolute Gasteiger partial charge is 0.449 e. The zero-order valence-electron chi connectivity index (χ0n) is 13.9. The zero-order valence-corrected chi connectivity index (χ0v) is 13.9. The van der Waals surface area contributed by atoms with Gasteiger partial charge in [-0.05, 0) is 31.2 Å². The molecule has 132 valence electrons. The lowest BCUT2D eigenvalue weighted by atomic mass is 10.3. The summed E-state index contributed by atoms with van der Waals surface area (Å²) in [7, 11) is 0. The smallest absolute Gasteiger partial charge is 0.340 e. The molecule has 8 heteroatoms. The number of nitrogens with one attached hydrogen (secondary N) is 2. The molecular weight excluding hydrogens is 336 g/mol. The van der Waals surface area contributed by atoms with E-state index in [0.717, 1.165) is 0 Å². The van der Waals surface area contributed by atoms with Crippen LogP contribution in [-0.2, 0) is 9.53 Å². The lowest BCUT2D eigenvalue weighted by Crippen LogP contribution is -2.30. The number of rotatable bonds is 5. The molecule has 0 saturated heterocycles. The van der Waals surface area contributed by atoms with Gasteiger partial charge in [-0.25, -0.2) is 9.48 Å². The second-order valence-electron chi connectivity index (χ2n) is 5.46. The van der Waals surface area contributed by atoms with Crippen molar-refractivity contribution in [3.05, 3.63) is 76.8 Å². The van der Waals surface area contributed by atoms with E-state index < -0.39 is 18.0 Å². The molecule has 1 unspecified atom stereocenters. The predicted molar refractivity (Wildman–Crippen MR) is 94.1 cm³/mol. The van der Waals surface area contributed by atoms with Crippen molar-refractivity contribution in [3.8, 4) is 5.69 Å². The van der Waals surface area contributed by atoms with Crippen molar-refractivity contribution in [1.82, 2.24) is 14.8 Å². The van der Waals surface area contributed by atoms with Crippen molar-refractivity contribution in [1.29, 1.82) is 0 Å². The first kappa shape index (κ1) is 17.2. The SMILES string of the molecule is CC(OC(=O)c1cccnc1)C(=O)Nc1cc(=O)n(-c2ccccc2)[nH]1. The molecule has 1 amide bonds. The molecule has 8 nitrogen and oxygen atoms in total. The standard InChI is InChI=1S/C18H16N4O4/c1-12(26-18(25)13-6-5-9-19-11-13)17(24)20-15-10-16(23)22(21-15)14-7-3-2-4-8-14/h2-12,21H,1H3,(H,20,24). The Morgan fingerprint density at radius 3 is 2.65 bits per heavy atom. The van der Waals surface area contributed by atoms with Crippen LogP contribution in [0.4, 0.5) is 5.82 Å². The van der Waals surface area contributed by atoms with Gasteiger partial charge in [0.2, 0.25) is 0 Å². The number of carbonyl (C=O) groups excluding carboxylic acids is 2. The molecule has 0 aliphatic carbocycles. The summed E-state index contributed by atoms with van der Waals surface area (Å²) in [5, 5.41) is 5.31. The monoisotopic (exact) mass is 352 g/mol. The average molecular weight is 352 g/mol. The van der Waals surface area contributed by atoms with Gasteiger partial charge >= 0.3 is 5.97 Å². The molecule has 3 rings (SSSR count). The summed E-state index contributed by atoms with van der Waals surface area (Å²) in [6.45, 7) is 1.44. The van der Waals surface area contributed by atoms with Crippen LogP contribution < -0.4 is 10.9 Å². The van der Waals surface area contributed by atoms with Crippen LogP contribution >= 0.6 is 0 Å². The van der Waals surface area contributed by atoms with Crippen LogP contribution in [0.15, 0.2) is 65.7 Å². The second-order valence-corrected chi connectivity index (χ2v) is 5.46. The van der Waals surface area contributed by atoms with Gasteiger partial charge in [0.1, 0.15) is 5.82 Å². The van der Waals surface area contributed by atoms with Crippen LogP contribution in [-0.4, -0.2) is 32.7 Å². The molecule has 1 atom stereocenters. The number of esters is 1. The Hall–Kier alpha value is -3.68. The summed E-state index contributed by atoms with van der Waals surface area (Å²) in [4.78, 5) is 40.0. The molecule has 0 saturated carbocycles. The number of aromatic amines is 1. The molecule has 0 aliphatic rings. The Bertz CT molecular complexity index is 964. The predicted octanol–water partition coefficient (Wildman–Crippen LogP) is 1.74. The Morgan fingerprint density at radius 1 is 1.19 bits per heavy atom. The molecule has 0 aliphatic heterocycles. The first-order valence-electron chi connectivity index (χ1n) is 7.84. The van der Waals surface area contributed by atoms with Crippen LogP contribution in [0.3, 0.4) is 0 Å². The van der Waals surface area contributed by atoms with Gasteiger partial charge in [0, 0.05) is 18.5 Å². The van der Waals surface area contributed by atoms with Gasteiger partial charge in [-0.1, -0.05) is 18.2 Å². The molecular formula is C18H16N4O4. The molecule has 0 fully saturated rings. The normalized spacial score (nSPS) is 11.6. The molecule has 0 bridgehead atoms. The summed E-state index contributed by atoms with van der Waals surface area (Å²) in [6, 6.07) is 13.3. The number of para-hydroxylation sites is 1. The summed E-state index contributed by atoms with van der Waals surface area (Å²) in [5.74, 6) is -1.02. The van der Waals surface area contributed by atoms with E-state index in [-0.39, 0.29) is 16.9 Å².